The van der Waals surface area contributed by atoms with Gasteiger partial charge in [0.15, 0.2) is 6.20 Å². The molecule has 0 radical (unpaired) electrons. The Morgan fingerprint density at radius 3 is 2.26 bits per heavy atom. The minimum Gasteiger partial charge on any atom is -0.196 e. The van der Waals surface area contributed by atoms with Crippen LogP contribution >= 0.6 is 0 Å². The predicted octanol–water partition coefficient (Wildman–Crippen LogP) is 4.75. The molecule has 0 atom stereocenters. The Kier molecular flexibility index (Phi) is 4.27. The van der Waals surface area contributed by atoms with Crippen molar-refractivity contribution in [2.45, 2.75) is 20.8 Å². The first-order valence-electron chi connectivity index (χ1n) is 9.42. The lowest BCUT2D eigenvalue weighted by molar-refractivity contribution is -0.684. The molecule has 27 heavy (non-hydrogen) atoms. The van der Waals surface area contributed by atoms with Gasteiger partial charge in [0.1, 0.15) is 14.1 Å². The number of aryl methyl sites for hydroxylation is 3. The smallest absolute Gasteiger partial charge is 0.196 e. The monoisotopic (exact) mass is 354 g/mol. The first kappa shape index (κ1) is 17.4. The van der Waals surface area contributed by atoms with Crippen molar-refractivity contribution in [3.63, 3.8) is 0 Å². The van der Waals surface area contributed by atoms with E-state index < -0.39 is 0 Å². The van der Waals surface area contributed by atoms with Gasteiger partial charge in [0, 0.05) is 18.2 Å². The summed E-state index contributed by atoms with van der Waals surface area (Å²) in [6.07, 6.45) is 2.10. The first-order chi connectivity index (χ1) is 13.0. The molecule has 0 aliphatic rings. The SMILES string of the molecule is Cc1cc(C)c(C)c(-c2c3ccccc3cc(-c3cccc[n+]3C)[n+]2C)c1. The lowest BCUT2D eigenvalue weighted by Crippen LogP contribution is -2.40. The molecule has 0 saturated carbocycles. The van der Waals surface area contributed by atoms with Crippen LogP contribution in [0.5, 0.6) is 0 Å². The minimum atomic E-state index is 1.20. The third-order valence-electron chi connectivity index (χ3n) is 5.59. The van der Waals surface area contributed by atoms with E-state index in [1.807, 2.05) is 0 Å². The highest BCUT2D eigenvalue weighted by atomic mass is 15.0. The number of rotatable bonds is 2. The molecule has 0 aliphatic carbocycles. The molecule has 0 amide bonds. The van der Waals surface area contributed by atoms with Crippen LogP contribution in [0.3, 0.4) is 0 Å². The number of fused-ring (bicyclic) bond motifs is 1. The van der Waals surface area contributed by atoms with Crippen LogP contribution in [0.4, 0.5) is 0 Å². The summed E-state index contributed by atoms with van der Waals surface area (Å²) in [5.41, 5.74) is 8.98. The maximum Gasteiger partial charge on any atom is 0.278 e. The van der Waals surface area contributed by atoms with Gasteiger partial charge in [-0.25, -0.2) is 0 Å². The van der Waals surface area contributed by atoms with Crippen LogP contribution in [-0.4, -0.2) is 0 Å². The molecular formula is C25H26N2+2. The summed E-state index contributed by atoms with van der Waals surface area (Å²) in [6, 6.07) is 21.9. The zero-order chi connectivity index (χ0) is 19.1. The molecule has 4 rings (SSSR count). The fourth-order valence-corrected chi connectivity index (χ4v) is 4.03. The fourth-order valence-electron chi connectivity index (χ4n) is 4.03. The number of nitrogens with zero attached hydrogens (tertiary/aromatic N) is 2. The highest BCUT2D eigenvalue weighted by Crippen LogP contribution is 2.32. The van der Waals surface area contributed by atoms with Crippen molar-refractivity contribution in [1.29, 1.82) is 0 Å². The largest absolute Gasteiger partial charge is 0.278 e. The van der Waals surface area contributed by atoms with Gasteiger partial charge in [-0.15, -0.1) is 0 Å². The highest BCUT2D eigenvalue weighted by Gasteiger charge is 2.26. The van der Waals surface area contributed by atoms with Crippen molar-refractivity contribution < 1.29 is 9.13 Å². The van der Waals surface area contributed by atoms with Crippen LogP contribution in [0.25, 0.3) is 33.4 Å². The van der Waals surface area contributed by atoms with Gasteiger partial charge in [-0.3, -0.25) is 0 Å². The zero-order valence-electron chi connectivity index (χ0n) is 16.7. The molecule has 0 unspecified atom stereocenters. The van der Waals surface area contributed by atoms with Gasteiger partial charge >= 0.3 is 0 Å². The zero-order valence-corrected chi connectivity index (χ0v) is 16.7. The number of hydrogen-bond acceptors (Lipinski definition) is 0. The van der Waals surface area contributed by atoms with E-state index in [9.17, 15) is 0 Å². The Bertz CT molecular complexity index is 1170. The Labute approximate surface area is 161 Å². The van der Waals surface area contributed by atoms with Crippen molar-refractivity contribution in [3.8, 4) is 22.6 Å². The summed E-state index contributed by atoms with van der Waals surface area (Å²) in [6.45, 7) is 6.61. The van der Waals surface area contributed by atoms with Gasteiger partial charge in [0.2, 0.25) is 5.69 Å². The maximum absolute atomic E-state index is 2.35. The van der Waals surface area contributed by atoms with Crippen molar-refractivity contribution >= 4 is 10.8 Å². The van der Waals surface area contributed by atoms with Gasteiger partial charge in [0.25, 0.3) is 11.4 Å². The molecular weight excluding hydrogens is 328 g/mol. The van der Waals surface area contributed by atoms with E-state index in [4.69, 9.17) is 0 Å². The lowest BCUT2D eigenvalue weighted by Gasteiger charge is -2.13. The Morgan fingerprint density at radius 2 is 1.48 bits per heavy atom. The molecule has 2 heteroatoms. The van der Waals surface area contributed by atoms with Gasteiger partial charge in [-0.2, -0.15) is 9.13 Å². The molecule has 0 fully saturated rings. The quantitative estimate of drug-likeness (QED) is 0.459. The molecule has 0 bridgehead atoms. The van der Waals surface area contributed by atoms with Crippen LogP contribution in [0.1, 0.15) is 16.7 Å². The molecule has 0 N–H and O–H groups in total. The van der Waals surface area contributed by atoms with Gasteiger partial charge in [0.05, 0.1) is 10.9 Å². The number of benzene rings is 2. The third kappa shape index (κ3) is 2.91. The molecule has 0 aliphatic heterocycles. The molecule has 2 heterocycles. The van der Waals surface area contributed by atoms with Gasteiger partial charge < -0.3 is 0 Å². The van der Waals surface area contributed by atoms with Crippen molar-refractivity contribution in [2.24, 2.45) is 14.1 Å². The normalized spacial score (nSPS) is 11.1. The van der Waals surface area contributed by atoms with Gasteiger partial charge in [-0.1, -0.05) is 29.8 Å². The summed E-state index contributed by atoms with van der Waals surface area (Å²) in [7, 11) is 4.29. The standard InChI is InChI=1S/C25H26N2/c1-17-14-18(2)19(3)22(15-17)25-21-11-7-6-10-20(21)16-24(27(25)5)23-12-8-9-13-26(23)4/h6-16H,1-5H3/q+2. The van der Waals surface area contributed by atoms with Crippen molar-refractivity contribution in [1.82, 2.24) is 0 Å². The van der Waals surface area contributed by atoms with Crippen LogP contribution in [0.15, 0.2) is 66.9 Å². The number of pyridine rings is 2. The molecule has 2 aromatic carbocycles. The molecule has 0 saturated heterocycles. The molecule has 0 spiro atoms. The average molecular weight is 354 g/mol. The second kappa shape index (κ2) is 6.62. The van der Waals surface area contributed by atoms with E-state index in [0.717, 1.165) is 0 Å². The van der Waals surface area contributed by atoms with Gasteiger partial charge in [-0.05, 0) is 55.5 Å². The minimum absolute atomic E-state index is 1.20. The fraction of sp³-hybridized carbons (Fsp3) is 0.200. The summed E-state index contributed by atoms with van der Waals surface area (Å²) in [5.74, 6) is 0. The van der Waals surface area contributed by atoms with Crippen molar-refractivity contribution in [3.05, 3.63) is 83.6 Å². The predicted molar refractivity (Wildman–Crippen MR) is 111 cm³/mol. The molecule has 4 aromatic rings. The first-order valence-corrected chi connectivity index (χ1v) is 9.42. The third-order valence-corrected chi connectivity index (χ3v) is 5.59. The summed E-state index contributed by atoms with van der Waals surface area (Å²) in [5, 5.41) is 2.55. The second-order valence-corrected chi connectivity index (χ2v) is 7.48. The average Bonchev–Trinajstić information content (AvgIpc) is 2.65. The van der Waals surface area contributed by atoms with Crippen LogP contribution in [0, 0.1) is 20.8 Å². The Hall–Kier alpha value is -3.00. The van der Waals surface area contributed by atoms with E-state index >= 15 is 0 Å². The van der Waals surface area contributed by atoms with E-state index in [1.54, 1.807) is 0 Å². The van der Waals surface area contributed by atoms with E-state index in [1.165, 1.54) is 50.1 Å². The number of hydrogen-bond donors (Lipinski definition) is 0. The summed E-state index contributed by atoms with van der Waals surface area (Å²) in [4.78, 5) is 0. The molecule has 134 valence electrons. The van der Waals surface area contributed by atoms with E-state index in [2.05, 4.69) is 111 Å². The topological polar surface area (TPSA) is 7.76 Å². The van der Waals surface area contributed by atoms with Crippen LogP contribution in [0.2, 0.25) is 0 Å². The van der Waals surface area contributed by atoms with Crippen LogP contribution in [-0.2, 0) is 14.1 Å². The molecule has 2 aromatic heterocycles. The Balaban J connectivity index is 2.15. The Morgan fingerprint density at radius 1 is 0.741 bits per heavy atom. The van der Waals surface area contributed by atoms with Crippen molar-refractivity contribution in [2.75, 3.05) is 0 Å². The molecule has 2 nitrogen and oxygen atoms in total. The number of aromatic nitrogens is 2. The maximum atomic E-state index is 2.35. The summed E-state index contributed by atoms with van der Waals surface area (Å²) >= 11 is 0. The second-order valence-electron chi connectivity index (χ2n) is 7.48. The lowest BCUT2D eigenvalue weighted by atomic mass is 9.94. The highest BCUT2D eigenvalue weighted by molar-refractivity contribution is 5.95. The van der Waals surface area contributed by atoms with E-state index in [0.29, 0.717) is 0 Å². The van der Waals surface area contributed by atoms with Crippen LogP contribution < -0.4 is 9.13 Å². The summed E-state index contributed by atoms with van der Waals surface area (Å²) < 4.78 is 4.53. The van der Waals surface area contributed by atoms with E-state index in [-0.39, 0.29) is 0 Å².